The second-order valence-electron chi connectivity index (χ2n) is 6.65. The van der Waals surface area contributed by atoms with E-state index >= 15 is 0 Å². The third kappa shape index (κ3) is 5.74. The van der Waals surface area contributed by atoms with Crippen LogP contribution < -0.4 is 9.62 Å². The van der Waals surface area contributed by atoms with E-state index in [1.54, 1.807) is 61.5 Å². The summed E-state index contributed by atoms with van der Waals surface area (Å²) in [7, 11) is -3.99. The summed E-state index contributed by atoms with van der Waals surface area (Å²) in [5, 5.41) is 2.67. The normalized spacial score (nSPS) is 10.9. The number of esters is 1. The van der Waals surface area contributed by atoms with Crippen molar-refractivity contribution in [3.05, 3.63) is 88.9 Å². The molecule has 0 radical (unpaired) electrons. The first kappa shape index (κ1) is 23.5. The van der Waals surface area contributed by atoms with Gasteiger partial charge in [-0.15, -0.1) is 0 Å². The number of halogens is 1. The minimum atomic E-state index is -3.99. The first-order valence-corrected chi connectivity index (χ1v) is 11.9. The lowest BCUT2D eigenvalue weighted by Gasteiger charge is -2.24. The van der Waals surface area contributed by atoms with E-state index in [-0.39, 0.29) is 11.5 Å². The number of carbonyl (C=O) groups is 2. The molecular formula is C23H21BrN2O5S. The average molecular weight is 517 g/mol. The predicted octanol–water partition coefficient (Wildman–Crippen LogP) is 4.46. The van der Waals surface area contributed by atoms with Gasteiger partial charge < -0.3 is 10.1 Å². The van der Waals surface area contributed by atoms with Crippen LogP contribution in [0.2, 0.25) is 0 Å². The Kier molecular flexibility index (Phi) is 7.66. The average Bonchev–Trinajstić information content (AvgIpc) is 2.78. The Labute approximate surface area is 195 Å². The zero-order valence-corrected chi connectivity index (χ0v) is 19.6. The van der Waals surface area contributed by atoms with Crippen molar-refractivity contribution in [2.24, 2.45) is 0 Å². The fraction of sp³-hybridized carbons (Fsp3) is 0.130. The van der Waals surface area contributed by atoms with Gasteiger partial charge in [-0.25, -0.2) is 13.2 Å². The van der Waals surface area contributed by atoms with Crippen molar-refractivity contribution in [3.8, 4) is 0 Å². The monoisotopic (exact) mass is 516 g/mol. The number of benzene rings is 3. The highest BCUT2D eigenvalue weighted by molar-refractivity contribution is 9.10. The Morgan fingerprint density at radius 3 is 2.28 bits per heavy atom. The van der Waals surface area contributed by atoms with E-state index in [2.05, 4.69) is 21.2 Å². The standard InChI is InChI=1S/C23H21BrN2O5S/c1-2-31-23(28)17-11-13-19(14-12-17)25-22(27)16-26(20-8-6-7-18(24)15-20)32(29,30)21-9-4-3-5-10-21/h3-15H,2,16H2,1H3,(H,25,27). The summed E-state index contributed by atoms with van der Waals surface area (Å²) in [6, 6.07) is 20.8. The smallest absolute Gasteiger partial charge is 0.338 e. The van der Waals surface area contributed by atoms with Crippen LogP contribution in [0.25, 0.3) is 0 Å². The second-order valence-corrected chi connectivity index (χ2v) is 9.43. The molecule has 0 aliphatic heterocycles. The number of amides is 1. The van der Waals surface area contributed by atoms with Gasteiger partial charge in [0.2, 0.25) is 5.91 Å². The first-order chi connectivity index (χ1) is 15.3. The zero-order valence-electron chi connectivity index (χ0n) is 17.2. The molecule has 0 fully saturated rings. The van der Waals surface area contributed by atoms with Crippen LogP contribution in [0.1, 0.15) is 17.3 Å². The maximum absolute atomic E-state index is 13.3. The van der Waals surface area contributed by atoms with Gasteiger partial charge in [-0.05, 0) is 61.5 Å². The summed E-state index contributed by atoms with van der Waals surface area (Å²) >= 11 is 3.34. The predicted molar refractivity (Wildman–Crippen MR) is 126 cm³/mol. The highest BCUT2D eigenvalue weighted by Gasteiger charge is 2.27. The summed E-state index contributed by atoms with van der Waals surface area (Å²) in [5.41, 5.74) is 1.12. The molecule has 3 aromatic rings. The highest BCUT2D eigenvalue weighted by atomic mass is 79.9. The Balaban J connectivity index is 1.84. The largest absolute Gasteiger partial charge is 0.462 e. The lowest BCUT2D eigenvalue weighted by Crippen LogP contribution is -2.38. The summed E-state index contributed by atoms with van der Waals surface area (Å²) < 4.78 is 33.3. The summed E-state index contributed by atoms with van der Waals surface area (Å²) in [6.07, 6.45) is 0. The number of nitrogens with zero attached hydrogens (tertiary/aromatic N) is 1. The van der Waals surface area contributed by atoms with E-state index < -0.39 is 28.4 Å². The van der Waals surface area contributed by atoms with Crippen LogP contribution in [0.15, 0.2) is 88.2 Å². The number of hydrogen-bond acceptors (Lipinski definition) is 5. The van der Waals surface area contributed by atoms with Crippen LogP contribution >= 0.6 is 15.9 Å². The van der Waals surface area contributed by atoms with Crippen LogP contribution in [0.4, 0.5) is 11.4 Å². The Hall–Kier alpha value is -3.17. The fourth-order valence-corrected chi connectivity index (χ4v) is 4.72. The van der Waals surface area contributed by atoms with E-state index in [4.69, 9.17) is 4.74 Å². The molecule has 0 bridgehead atoms. The van der Waals surface area contributed by atoms with Gasteiger partial charge in [-0.1, -0.05) is 40.2 Å². The van der Waals surface area contributed by atoms with Gasteiger partial charge in [0.1, 0.15) is 6.54 Å². The number of anilines is 2. The van der Waals surface area contributed by atoms with Crippen molar-refractivity contribution < 1.29 is 22.7 Å². The van der Waals surface area contributed by atoms with Crippen LogP contribution in [0.5, 0.6) is 0 Å². The van der Waals surface area contributed by atoms with Crippen molar-refractivity contribution in [2.45, 2.75) is 11.8 Å². The maximum atomic E-state index is 13.3. The molecule has 0 aliphatic rings. The third-order valence-electron chi connectivity index (χ3n) is 4.39. The SMILES string of the molecule is CCOC(=O)c1ccc(NC(=O)CN(c2cccc(Br)c2)S(=O)(=O)c2ccccc2)cc1. The van der Waals surface area contributed by atoms with Crippen LogP contribution in [-0.2, 0) is 19.6 Å². The molecule has 0 unspecified atom stereocenters. The number of ether oxygens (including phenoxy) is 1. The van der Waals surface area contributed by atoms with Gasteiger partial charge in [-0.2, -0.15) is 0 Å². The van der Waals surface area contributed by atoms with Crippen LogP contribution in [-0.4, -0.2) is 33.4 Å². The van der Waals surface area contributed by atoms with Gasteiger partial charge in [0.25, 0.3) is 10.0 Å². The molecule has 0 aromatic heterocycles. The van der Waals surface area contributed by atoms with E-state index in [0.29, 0.717) is 21.4 Å². The highest BCUT2D eigenvalue weighted by Crippen LogP contribution is 2.26. The lowest BCUT2D eigenvalue weighted by molar-refractivity contribution is -0.114. The Morgan fingerprint density at radius 1 is 0.969 bits per heavy atom. The molecule has 3 rings (SSSR count). The molecule has 1 N–H and O–H groups in total. The van der Waals surface area contributed by atoms with Crippen LogP contribution in [0, 0.1) is 0 Å². The first-order valence-electron chi connectivity index (χ1n) is 9.71. The van der Waals surface area contributed by atoms with E-state index in [1.165, 1.54) is 24.3 Å². The van der Waals surface area contributed by atoms with Crippen molar-refractivity contribution in [1.82, 2.24) is 0 Å². The maximum Gasteiger partial charge on any atom is 0.338 e. The molecule has 0 spiro atoms. The number of sulfonamides is 1. The lowest BCUT2D eigenvalue weighted by atomic mass is 10.2. The molecule has 166 valence electrons. The van der Waals surface area contributed by atoms with Gasteiger partial charge >= 0.3 is 5.97 Å². The Bertz CT molecular complexity index is 1200. The number of carbonyl (C=O) groups excluding carboxylic acids is 2. The van der Waals surface area contributed by atoms with Crippen molar-refractivity contribution >= 4 is 49.2 Å². The van der Waals surface area contributed by atoms with Crippen molar-refractivity contribution in [2.75, 3.05) is 22.8 Å². The van der Waals surface area contributed by atoms with Gasteiger partial charge in [0.05, 0.1) is 22.8 Å². The summed E-state index contributed by atoms with van der Waals surface area (Å²) in [5.74, 6) is -0.992. The topological polar surface area (TPSA) is 92.8 Å². The third-order valence-corrected chi connectivity index (χ3v) is 6.68. The molecule has 0 aliphatic carbocycles. The molecule has 0 saturated heterocycles. The Morgan fingerprint density at radius 2 is 1.66 bits per heavy atom. The van der Waals surface area contributed by atoms with Gasteiger partial charge in [0, 0.05) is 10.2 Å². The van der Waals surface area contributed by atoms with Gasteiger partial charge in [0.15, 0.2) is 0 Å². The molecule has 0 saturated carbocycles. The molecule has 0 heterocycles. The summed E-state index contributed by atoms with van der Waals surface area (Å²) in [4.78, 5) is 24.6. The molecule has 3 aromatic carbocycles. The fourth-order valence-electron chi connectivity index (χ4n) is 2.90. The molecule has 0 atom stereocenters. The zero-order chi connectivity index (χ0) is 23.1. The van der Waals surface area contributed by atoms with Crippen LogP contribution in [0.3, 0.4) is 0 Å². The second kappa shape index (κ2) is 10.4. The molecule has 1 amide bonds. The van der Waals surface area contributed by atoms with E-state index in [1.807, 2.05) is 0 Å². The van der Waals surface area contributed by atoms with E-state index in [0.717, 1.165) is 4.31 Å². The number of nitrogens with one attached hydrogen (secondary N) is 1. The minimum absolute atomic E-state index is 0.0755. The summed E-state index contributed by atoms with van der Waals surface area (Å²) in [6.45, 7) is 1.54. The van der Waals surface area contributed by atoms with Crippen molar-refractivity contribution in [3.63, 3.8) is 0 Å². The number of hydrogen-bond donors (Lipinski definition) is 1. The molecule has 7 nitrogen and oxygen atoms in total. The van der Waals surface area contributed by atoms with Crippen molar-refractivity contribution in [1.29, 1.82) is 0 Å². The number of rotatable bonds is 8. The quantitative estimate of drug-likeness (QED) is 0.446. The van der Waals surface area contributed by atoms with Gasteiger partial charge in [-0.3, -0.25) is 9.10 Å². The minimum Gasteiger partial charge on any atom is -0.462 e. The molecule has 9 heteroatoms. The van der Waals surface area contributed by atoms with E-state index in [9.17, 15) is 18.0 Å². The molecular weight excluding hydrogens is 496 g/mol. The molecule has 32 heavy (non-hydrogen) atoms.